The first-order valence-corrected chi connectivity index (χ1v) is 13.3. The minimum Gasteiger partial charge on any atom is -0.371 e. The third kappa shape index (κ3) is 6.29. The topological polar surface area (TPSA) is 18.5 Å². The van der Waals surface area contributed by atoms with Crippen LogP contribution in [0.25, 0.3) is 0 Å². The highest BCUT2D eigenvalue weighted by Crippen LogP contribution is 2.33. The van der Waals surface area contributed by atoms with E-state index >= 15 is 0 Å². The molecule has 1 saturated carbocycles. The molecule has 35 heavy (non-hydrogen) atoms. The summed E-state index contributed by atoms with van der Waals surface area (Å²) in [5.41, 5.74) is 3.63. The van der Waals surface area contributed by atoms with Gasteiger partial charge in [0.05, 0.1) is 5.56 Å². The standard InChI is InChI=1S/C28H36F3N3S/c1-3-15-33-16-7-9-22-17-21(13-14-26(22)33)19-34(25-12-5-4-8-20(25)2)27(35)32-24-11-6-10-23(18-24)28(29,30)31/h6,10-11,13-14,17-18,20,25H,3-5,7-9,12,15-16,19H2,1-2H3,(H,32,35)/t20-,25-/m0/s1. The highest BCUT2D eigenvalue weighted by molar-refractivity contribution is 7.80. The van der Waals surface area contributed by atoms with Gasteiger partial charge >= 0.3 is 6.18 Å². The molecule has 0 saturated heterocycles. The lowest BCUT2D eigenvalue weighted by molar-refractivity contribution is -0.137. The predicted molar refractivity (Wildman–Crippen MR) is 142 cm³/mol. The molecule has 0 amide bonds. The Hall–Kier alpha value is -2.28. The van der Waals surface area contributed by atoms with Crippen LogP contribution in [-0.2, 0) is 19.1 Å². The Morgan fingerprint density at radius 1 is 1.11 bits per heavy atom. The molecule has 1 heterocycles. The molecule has 3 nitrogen and oxygen atoms in total. The summed E-state index contributed by atoms with van der Waals surface area (Å²) in [6, 6.07) is 12.3. The van der Waals surface area contributed by atoms with Crippen molar-refractivity contribution in [3.8, 4) is 0 Å². The molecule has 7 heteroatoms. The zero-order valence-corrected chi connectivity index (χ0v) is 21.5. The number of anilines is 2. The second-order valence-corrected chi connectivity index (χ2v) is 10.4. The Labute approximate surface area is 212 Å². The zero-order valence-electron chi connectivity index (χ0n) is 20.7. The third-order valence-electron chi connectivity index (χ3n) is 7.37. The van der Waals surface area contributed by atoms with Crippen LogP contribution >= 0.6 is 12.2 Å². The van der Waals surface area contributed by atoms with Crippen LogP contribution in [-0.4, -0.2) is 29.1 Å². The predicted octanol–water partition coefficient (Wildman–Crippen LogP) is 7.65. The summed E-state index contributed by atoms with van der Waals surface area (Å²) < 4.78 is 39.7. The second kappa shape index (κ2) is 11.2. The first-order chi connectivity index (χ1) is 16.8. The van der Waals surface area contributed by atoms with Crippen LogP contribution in [0.1, 0.15) is 69.1 Å². The molecule has 0 unspecified atom stereocenters. The highest BCUT2D eigenvalue weighted by Gasteiger charge is 2.32. The molecule has 1 aliphatic heterocycles. The Morgan fingerprint density at radius 2 is 1.91 bits per heavy atom. The van der Waals surface area contributed by atoms with Gasteiger partial charge in [0.2, 0.25) is 0 Å². The van der Waals surface area contributed by atoms with Crippen LogP contribution in [0.15, 0.2) is 42.5 Å². The van der Waals surface area contributed by atoms with Gasteiger partial charge in [-0.25, -0.2) is 0 Å². The molecular weight excluding hydrogens is 467 g/mol. The van der Waals surface area contributed by atoms with Crippen molar-refractivity contribution in [2.75, 3.05) is 23.3 Å². The fourth-order valence-corrected chi connectivity index (χ4v) is 5.91. The molecule has 0 spiro atoms. The lowest BCUT2D eigenvalue weighted by atomic mass is 9.84. The number of nitrogens with zero attached hydrogens (tertiary/aromatic N) is 2. The molecule has 0 bridgehead atoms. The van der Waals surface area contributed by atoms with Crippen LogP contribution in [0.4, 0.5) is 24.5 Å². The average molecular weight is 504 g/mol. The van der Waals surface area contributed by atoms with Crippen LogP contribution in [0.2, 0.25) is 0 Å². The number of hydrogen-bond donors (Lipinski definition) is 1. The van der Waals surface area contributed by atoms with Gasteiger partial charge in [0.15, 0.2) is 5.11 Å². The van der Waals surface area contributed by atoms with E-state index in [9.17, 15) is 13.2 Å². The van der Waals surface area contributed by atoms with E-state index in [-0.39, 0.29) is 6.04 Å². The summed E-state index contributed by atoms with van der Waals surface area (Å²) in [6.45, 7) is 7.31. The van der Waals surface area contributed by atoms with E-state index in [0.29, 0.717) is 23.3 Å². The van der Waals surface area contributed by atoms with E-state index in [0.717, 1.165) is 63.7 Å². The van der Waals surface area contributed by atoms with Crippen molar-refractivity contribution >= 4 is 28.7 Å². The molecule has 190 valence electrons. The number of aryl methyl sites for hydroxylation is 1. The first kappa shape index (κ1) is 25.8. The highest BCUT2D eigenvalue weighted by atomic mass is 32.1. The minimum absolute atomic E-state index is 0.266. The fourth-order valence-electron chi connectivity index (χ4n) is 5.59. The van der Waals surface area contributed by atoms with Gasteiger partial charge < -0.3 is 15.1 Å². The summed E-state index contributed by atoms with van der Waals surface area (Å²) >= 11 is 5.83. The van der Waals surface area contributed by atoms with Crippen molar-refractivity contribution in [2.45, 2.75) is 77.6 Å². The number of rotatable bonds is 6. The maximum Gasteiger partial charge on any atom is 0.416 e. The van der Waals surface area contributed by atoms with Gasteiger partial charge in [-0.3, -0.25) is 0 Å². The van der Waals surface area contributed by atoms with E-state index in [2.05, 4.69) is 47.2 Å². The smallest absolute Gasteiger partial charge is 0.371 e. The van der Waals surface area contributed by atoms with Crippen molar-refractivity contribution in [3.63, 3.8) is 0 Å². The van der Waals surface area contributed by atoms with E-state index in [1.807, 2.05) is 0 Å². The molecule has 2 aromatic carbocycles. The Kier molecular flexibility index (Phi) is 8.25. The minimum atomic E-state index is -4.38. The van der Waals surface area contributed by atoms with Crippen molar-refractivity contribution in [1.29, 1.82) is 0 Å². The Morgan fingerprint density at radius 3 is 2.66 bits per heavy atom. The molecule has 0 aromatic heterocycles. The molecule has 2 aromatic rings. The molecule has 1 N–H and O–H groups in total. The molecule has 4 rings (SSSR count). The van der Waals surface area contributed by atoms with Crippen molar-refractivity contribution in [2.24, 2.45) is 5.92 Å². The lowest BCUT2D eigenvalue weighted by Crippen LogP contribution is -2.46. The maximum atomic E-state index is 13.2. The molecule has 0 radical (unpaired) electrons. The quantitative estimate of drug-likeness (QED) is 0.408. The summed E-state index contributed by atoms with van der Waals surface area (Å²) in [6.07, 6.45) is 3.53. The van der Waals surface area contributed by atoms with Crippen molar-refractivity contribution in [1.82, 2.24) is 4.90 Å². The molecular formula is C28H36F3N3S. The number of thiocarbonyl (C=S) groups is 1. The van der Waals surface area contributed by atoms with Crippen LogP contribution in [0, 0.1) is 5.92 Å². The number of alkyl halides is 3. The van der Waals surface area contributed by atoms with Gasteiger partial charge in [0.25, 0.3) is 0 Å². The van der Waals surface area contributed by atoms with E-state index in [4.69, 9.17) is 12.2 Å². The number of fused-ring (bicyclic) bond motifs is 1. The second-order valence-electron chi connectivity index (χ2n) is 10.0. The average Bonchev–Trinajstić information content (AvgIpc) is 2.83. The molecule has 2 aliphatic rings. The Balaban J connectivity index is 1.57. The monoisotopic (exact) mass is 503 g/mol. The third-order valence-corrected chi connectivity index (χ3v) is 7.71. The fraction of sp³-hybridized carbons (Fsp3) is 0.536. The van der Waals surface area contributed by atoms with Crippen LogP contribution in [0.3, 0.4) is 0 Å². The normalized spacial score (nSPS) is 20.3. The first-order valence-electron chi connectivity index (χ1n) is 12.9. The van der Waals surface area contributed by atoms with Gasteiger partial charge in [-0.05, 0) is 85.6 Å². The van der Waals surface area contributed by atoms with Gasteiger partial charge in [-0.1, -0.05) is 44.9 Å². The van der Waals surface area contributed by atoms with Gasteiger partial charge in [0, 0.05) is 37.1 Å². The van der Waals surface area contributed by atoms with Crippen LogP contribution in [0.5, 0.6) is 0 Å². The number of hydrogen-bond acceptors (Lipinski definition) is 2. The summed E-state index contributed by atoms with van der Waals surface area (Å²) in [4.78, 5) is 4.69. The maximum absolute atomic E-state index is 13.2. The van der Waals surface area contributed by atoms with Gasteiger partial charge in [0.1, 0.15) is 0 Å². The van der Waals surface area contributed by atoms with Crippen LogP contribution < -0.4 is 10.2 Å². The molecule has 2 atom stereocenters. The van der Waals surface area contributed by atoms with Gasteiger partial charge in [-0.2, -0.15) is 13.2 Å². The SMILES string of the molecule is CCCN1CCCc2cc(CN(C(=S)Nc3cccc(C(F)(F)F)c3)[C@H]3CCCC[C@@H]3C)ccc21. The molecule has 1 aliphatic carbocycles. The number of benzene rings is 2. The zero-order chi connectivity index (χ0) is 25.0. The summed E-state index contributed by atoms with van der Waals surface area (Å²) in [7, 11) is 0. The summed E-state index contributed by atoms with van der Waals surface area (Å²) in [5, 5.41) is 3.62. The largest absolute Gasteiger partial charge is 0.416 e. The number of nitrogens with one attached hydrogen (secondary N) is 1. The Bertz CT molecular complexity index is 1020. The lowest BCUT2D eigenvalue weighted by Gasteiger charge is -2.40. The summed E-state index contributed by atoms with van der Waals surface area (Å²) in [5.74, 6) is 0.475. The molecule has 1 fully saturated rings. The van der Waals surface area contributed by atoms with E-state index < -0.39 is 11.7 Å². The number of halogens is 3. The van der Waals surface area contributed by atoms with E-state index in [1.54, 1.807) is 6.07 Å². The van der Waals surface area contributed by atoms with E-state index in [1.165, 1.54) is 29.3 Å². The van der Waals surface area contributed by atoms with Crippen molar-refractivity contribution < 1.29 is 13.2 Å². The van der Waals surface area contributed by atoms with Gasteiger partial charge in [-0.15, -0.1) is 0 Å². The van der Waals surface area contributed by atoms with Crippen molar-refractivity contribution in [3.05, 3.63) is 59.2 Å².